The van der Waals surface area contributed by atoms with Crippen molar-refractivity contribution >= 4 is 44.6 Å². The molecule has 1 aliphatic rings. The summed E-state index contributed by atoms with van der Waals surface area (Å²) in [6, 6.07) is 13.2. The normalized spacial score (nSPS) is 16.1. The first-order valence-corrected chi connectivity index (χ1v) is 10.3. The Morgan fingerprint density at radius 1 is 1.07 bits per heavy atom. The molecule has 0 radical (unpaired) electrons. The molecule has 3 rings (SSSR count). The van der Waals surface area contributed by atoms with Gasteiger partial charge in [0.2, 0.25) is 11.7 Å². The molecule has 0 spiro atoms. The minimum Gasteiger partial charge on any atom is -0.478 e. The van der Waals surface area contributed by atoms with Crippen LogP contribution in [-0.2, 0) is 24.3 Å². The second-order valence-electron chi connectivity index (χ2n) is 6.82. The standard InChI is InChI=1S/C20H18ClNO5S/c1-12(23)22-28(25,26)16-10-9-14(11-15(16)21)18-17(13-7-5-4-6-8-13)19(24)20(2,3)27-18/h4-11H,1-3H3,(H,22,23). The van der Waals surface area contributed by atoms with Crippen LogP contribution in [0.1, 0.15) is 31.9 Å². The summed E-state index contributed by atoms with van der Waals surface area (Å²) in [5.74, 6) is -0.577. The lowest BCUT2D eigenvalue weighted by Gasteiger charge is -2.18. The molecule has 2 aromatic carbocycles. The van der Waals surface area contributed by atoms with Gasteiger partial charge in [-0.15, -0.1) is 0 Å². The second kappa shape index (κ2) is 7.07. The molecule has 1 N–H and O–H groups in total. The van der Waals surface area contributed by atoms with Crippen molar-refractivity contribution in [2.45, 2.75) is 31.3 Å². The number of nitrogens with one attached hydrogen (secondary N) is 1. The molecule has 6 nitrogen and oxygen atoms in total. The van der Waals surface area contributed by atoms with Gasteiger partial charge in [0.1, 0.15) is 10.7 Å². The van der Waals surface area contributed by atoms with Gasteiger partial charge in [-0.3, -0.25) is 9.59 Å². The quantitative estimate of drug-likeness (QED) is 0.820. The number of ketones is 1. The fourth-order valence-corrected chi connectivity index (χ4v) is 4.47. The van der Waals surface area contributed by atoms with Crippen LogP contribution in [0.2, 0.25) is 5.02 Å². The summed E-state index contributed by atoms with van der Waals surface area (Å²) in [7, 11) is -4.09. The van der Waals surface area contributed by atoms with Crippen LogP contribution < -0.4 is 4.72 Å². The van der Waals surface area contributed by atoms with Crippen molar-refractivity contribution < 1.29 is 22.7 Å². The number of amides is 1. The Balaban J connectivity index is 2.14. The van der Waals surface area contributed by atoms with Gasteiger partial charge < -0.3 is 4.74 Å². The molecule has 0 unspecified atom stereocenters. The number of carbonyl (C=O) groups excluding carboxylic acids is 2. The van der Waals surface area contributed by atoms with Crippen LogP contribution in [0.3, 0.4) is 0 Å². The van der Waals surface area contributed by atoms with E-state index in [-0.39, 0.29) is 15.7 Å². The number of halogens is 1. The monoisotopic (exact) mass is 419 g/mol. The van der Waals surface area contributed by atoms with E-state index in [2.05, 4.69) is 0 Å². The van der Waals surface area contributed by atoms with Crippen LogP contribution in [0.5, 0.6) is 0 Å². The molecule has 0 bridgehead atoms. The summed E-state index contributed by atoms with van der Waals surface area (Å²) < 4.78 is 32.2. The zero-order valence-corrected chi connectivity index (χ0v) is 17.0. The fraction of sp³-hybridized carbons (Fsp3) is 0.200. The molecule has 8 heteroatoms. The van der Waals surface area contributed by atoms with E-state index in [9.17, 15) is 18.0 Å². The van der Waals surface area contributed by atoms with Gasteiger partial charge in [0.05, 0.1) is 10.6 Å². The van der Waals surface area contributed by atoms with Crippen molar-refractivity contribution in [1.29, 1.82) is 0 Å². The van der Waals surface area contributed by atoms with E-state index in [1.807, 2.05) is 22.9 Å². The Kier molecular flexibility index (Phi) is 5.08. The van der Waals surface area contributed by atoms with E-state index in [1.165, 1.54) is 18.2 Å². The topological polar surface area (TPSA) is 89.5 Å². The Morgan fingerprint density at radius 2 is 1.71 bits per heavy atom. The predicted octanol–water partition coefficient (Wildman–Crippen LogP) is 3.41. The van der Waals surface area contributed by atoms with Crippen LogP contribution in [0.15, 0.2) is 53.4 Å². The van der Waals surface area contributed by atoms with Gasteiger partial charge in [0.15, 0.2) is 5.60 Å². The summed E-state index contributed by atoms with van der Waals surface area (Å²) in [6.45, 7) is 4.43. The summed E-state index contributed by atoms with van der Waals surface area (Å²) in [5.41, 5.74) is 0.497. The van der Waals surface area contributed by atoms with Crippen molar-refractivity contribution in [3.63, 3.8) is 0 Å². The average Bonchev–Trinajstić information content (AvgIpc) is 2.84. The van der Waals surface area contributed by atoms with Gasteiger partial charge in [0.25, 0.3) is 10.0 Å². The lowest BCUT2D eigenvalue weighted by atomic mass is 9.93. The number of rotatable bonds is 4. The maximum atomic E-state index is 12.9. The first-order chi connectivity index (χ1) is 13.0. The second-order valence-corrected chi connectivity index (χ2v) is 8.88. The number of Topliss-reactive ketones (excluding diaryl/α,β-unsaturated/α-hetero) is 1. The van der Waals surface area contributed by atoms with E-state index >= 15 is 0 Å². The molecule has 28 heavy (non-hydrogen) atoms. The smallest absolute Gasteiger partial charge is 0.265 e. The highest BCUT2D eigenvalue weighted by Gasteiger charge is 2.42. The molecule has 0 saturated heterocycles. The summed E-state index contributed by atoms with van der Waals surface area (Å²) >= 11 is 6.18. The molecule has 0 aromatic heterocycles. The Labute approximate surface area is 168 Å². The number of hydrogen-bond acceptors (Lipinski definition) is 5. The van der Waals surface area contributed by atoms with Crippen LogP contribution in [0.25, 0.3) is 11.3 Å². The molecule has 0 aliphatic carbocycles. The summed E-state index contributed by atoms with van der Waals surface area (Å²) in [4.78, 5) is 23.8. The molecule has 1 aliphatic heterocycles. The zero-order chi connectivity index (χ0) is 20.7. The molecule has 146 valence electrons. The molecule has 2 aromatic rings. The minimum atomic E-state index is -4.09. The number of benzene rings is 2. The van der Waals surface area contributed by atoms with Crippen LogP contribution in [-0.4, -0.2) is 25.7 Å². The molecule has 0 saturated carbocycles. The van der Waals surface area contributed by atoms with E-state index in [0.29, 0.717) is 22.5 Å². The van der Waals surface area contributed by atoms with Crippen molar-refractivity contribution in [1.82, 2.24) is 4.72 Å². The number of ether oxygens (including phenoxy) is 1. The van der Waals surface area contributed by atoms with E-state index in [0.717, 1.165) is 6.92 Å². The van der Waals surface area contributed by atoms with Gasteiger partial charge in [-0.05, 0) is 37.6 Å². The predicted molar refractivity (Wildman–Crippen MR) is 106 cm³/mol. The zero-order valence-electron chi connectivity index (χ0n) is 15.4. The highest BCUT2D eigenvalue weighted by molar-refractivity contribution is 7.90. The Bertz CT molecular complexity index is 1100. The molecular weight excluding hydrogens is 402 g/mol. The van der Waals surface area contributed by atoms with Crippen molar-refractivity contribution in [2.75, 3.05) is 0 Å². The first-order valence-electron chi connectivity index (χ1n) is 8.40. The summed E-state index contributed by atoms with van der Waals surface area (Å²) in [6.07, 6.45) is 0. The van der Waals surface area contributed by atoms with Crippen LogP contribution in [0.4, 0.5) is 0 Å². The van der Waals surface area contributed by atoms with Crippen LogP contribution >= 0.6 is 11.6 Å². The lowest BCUT2D eigenvalue weighted by Crippen LogP contribution is -2.29. The highest BCUT2D eigenvalue weighted by atomic mass is 35.5. The van der Waals surface area contributed by atoms with E-state index in [4.69, 9.17) is 16.3 Å². The van der Waals surface area contributed by atoms with Gasteiger partial charge in [-0.1, -0.05) is 41.9 Å². The van der Waals surface area contributed by atoms with Gasteiger partial charge in [0, 0.05) is 12.5 Å². The van der Waals surface area contributed by atoms with Gasteiger partial charge >= 0.3 is 0 Å². The fourth-order valence-electron chi connectivity index (χ4n) is 2.93. The number of sulfonamides is 1. The molecule has 0 fully saturated rings. The van der Waals surface area contributed by atoms with Crippen molar-refractivity contribution in [3.05, 3.63) is 64.7 Å². The van der Waals surface area contributed by atoms with Gasteiger partial charge in [-0.25, -0.2) is 13.1 Å². The van der Waals surface area contributed by atoms with Gasteiger partial charge in [-0.2, -0.15) is 0 Å². The van der Waals surface area contributed by atoms with Crippen molar-refractivity contribution in [2.24, 2.45) is 0 Å². The third-order valence-electron chi connectivity index (χ3n) is 4.18. The lowest BCUT2D eigenvalue weighted by molar-refractivity contribution is -0.125. The minimum absolute atomic E-state index is 0.0908. The molecule has 1 heterocycles. The molecular formula is C20H18ClNO5S. The van der Waals surface area contributed by atoms with Crippen LogP contribution in [0, 0.1) is 0 Å². The maximum Gasteiger partial charge on any atom is 0.265 e. The van der Waals surface area contributed by atoms with E-state index in [1.54, 1.807) is 26.0 Å². The Hall–Kier alpha value is -2.64. The summed E-state index contributed by atoms with van der Waals surface area (Å²) in [5, 5.41) is -0.0908. The highest BCUT2D eigenvalue weighted by Crippen LogP contribution is 2.42. The number of hydrogen-bond donors (Lipinski definition) is 1. The molecule has 1 amide bonds. The third-order valence-corrected chi connectivity index (χ3v) is 6.10. The van der Waals surface area contributed by atoms with E-state index < -0.39 is 21.5 Å². The maximum absolute atomic E-state index is 12.9. The first kappa shape index (κ1) is 20.1. The average molecular weight is 420 g/mol. The largest absolute Gasteiger partial charge is 0.478 e. The Morgan fingerprint density at radius 3 is 2.29 bits per heavy atom. The van der Waals surface area contributed by atoms with Crippen molar-refractivity contribution in [3.8, 4) is 0 Å². The molecule has 0 atom stereocenters. The SMILES string of the molecule is CC(=O)NS(=O)(=O)c1ccc(C2=C(c3ccccc3)C(=O)C(C)(C)O2)cc1Cl. The third kappa shape index (κ3) is 3.68. The number of carbonyl (C=O) groups is 2.